The van der Waals surface area contributed by atoms with Crippen LogP contribution in [0.3, 0.4) is 0 Å². The molecule has 0 aliphatic carbocycles. The summed E-state index contributed by atoms with van der Waals surface area (Å²) in [6, 6.07) is 8.31. The monoisotopic (exact) mass is 666 g/mol. The van der Waals surface area contributed by atoms with E-state index in [-0.39, 0.29) is 30.9 Å². The van der Waals surface area contributed by atoms with E-state index < -0.39 is 12.0 Å². The molecule has 4 amide bonds. The van der Waals surface area contributed by atoms with E-state index in [1.165, 1.54) is 9.96 Å². The molecule has 0 saturated carbocycles. The summed E-state index contributed by atoms with van der Waals surface area (Å²) in [5.74, 6) is 0.998. The molecule has 2 fully saturated rings. The second kappa shape index (κ2) is 17.7. The Kier molecular flexibility index (Phi) is 13.4. The highest BCUT2D eigenvalue weighted by Gasteiger charge is 2.40. The highest BCUT2D eigenvalue weighted by Crippen LogP contribution is 2.28. The van der Waals surface area contributed by atoms with E-state index in [4.69, 9.17) is 14.3 Å². The number of benzene rings is 1. The van der Waals surface area contributed by atoms with Crippen LogP contribution < -0.4 is 14.4 Å². The Morgan fingerprint density at radius 2 is 1.81 bits per heavy atom. The summed E-state index contributed by atoms with van der Waals surface area (Å²) in [7, 11) is 6.55. The van der Waals surface area contributed by atoms with Gasteiger partial charge in [0.05, 0.1) is 32.2 Å². The summed E-state index contributed by atoms with van der Waals surface area (Å²) in [4.78, 5) is 70.3. The van der Waals surface area contributed by atoms with E-state index in [1.54, 1.807) is 63.7 Å². The third kappa shape index (κ3) is 8.94. The molecule has 2 atom stereocenters. The molecule has 13 nitrogen and oxygen atoms in total. The molecular weight excluding hydrogens is 616 g/mol. The number of carbonyl (C=O) groups excluding carboxylic acids is 4. The number of ether oxygens (including phenoxy) is 2. The number of unbranched alkanes of at least 4 members (excludes halogenated alkanes) is 2. The second-order valence-corrected chi connectivity index (χ2v) is 12.4. The van der Waals surface area contributed by atoms with Crippen molar-refractivity contribution in [3.63, 3.8) is 0 Å². The third-order valence-corrected chi connectivity index (χ3v) is 9.04. The molecule has 4 rings (SSSR count). The zero-order valence-corrected chi connectivity index (χ0v) is 28.9. The van der Waals surface area contributed by atoms with Crippen molar-refractivity contribution in [2.75, 3.05) is 72.5 Å². The lowest BCUT2D eigenvalue weighted by molar-refractivity contribution is -0.183. The van der Waals surface area contributed by atoms with Crippen LogP contribution >= 0.6 is 0 Å². The van der Waals surface area contributed by atoms with Crippen LogP contribution in [0.4, 0.5) is 5.82 Å². The van der Waals surface area contributed by atoms with Crippen molar-refractivity contribution in [1.29, 1.82) is 0 Å². The van der Waals surface area contributed by atoms with Gasteiger partial charge in [0.15, 0.2) is 0 Å². The lowest BCUT2D eigenvalue weighted by Crippen LogP contribution is -2.55. The molecule has 0 spiro atoms. The Morgan fingerprint density at radius 1 is 1.04 bits per heavy atom. The number of hydrogen-bond acceptors (Lipinski definition) is 9. The van der Waals surface area contributed by atoms with E-state index in [0.717, 1.165) is 31.2 Å². The van der Waals surface area contributed by atoms with Gasteiger partial charge in [-0.3, -0.25) is 24.0 Å². The first-order chi connectivity index (χ1) is 23.2. The van der Waals surface area contributed by atoms with Crippen molar-refractivity contribution in [3.8, 4) is 11.5 Å². The lowest BCUT2D eigenvalue weighted by atomic mass is 9.98. The molecule has 48 heavy (non-hydrogen) atoms. The molecule has 0 N–H and O–H groups in total. The zero-order valence-electron chi connectivity index (χ0n) is 28.9. The van der Waals surface area contributed by atoms with Crippen LogP contribution in [-0.2, 0) is 25.8 Å². The Morgan fingerprint density at radius 3 is 2.48 bits per heavy atom. The van der Waals surface area contributed by atoms with Crippen LogP contribution in [0.25, 0.3) is 0 Å². The summed E-state index contributed by atoms with van der Waals surface area (Å²) in [5.41, 5.74) is 1.26. The van der Waals surface area contributed by atoms with Gasteiger partial charge in [-0.05, 0) is 43.5 Å². The van der Waals surface area contributed by atoms with Gasteiger partial charge in [-0.25, -0.2) is 10.0 Å². The number of aromatic nitrogens is 1. The maximum atomic E-state index is 14.1. The average Bonchev–Trinajstić information content (AvgIpc) is 3.62. The molecule has 262 valence electrons. The predicted molar refractivity (Wildman–Crippen MR) is 181 cm³/mol. The number of pyridine rings is 1. The normalized spacial score (nSPS) is 16.8. The fourth-order valence-corrected chi connectivity index (χ4v) is 6.33. The number of amides is 4. The second-order valence-electron chi connectivity index (χ2n) is 12.4. The van der Waals surface area contributed by atoms with Gasteiger partial charge in [0.2, 0.25) is 18.2 Å². The molecule has 1 aromatic heterocycles. The molecule has 3 heterocycles. The van der Waals surface area contributed by atoms with Crippen LogP contribution in [0, 0.1) is 5.92 Å². The van der Waals surface area contributed by atoms with E-state index in [1.807, 2.05) is 15.9 Å². The number of rotatable bonds is 16. The quantitative estimate of drug-likeness (QED) is 0.151. The van der Waals surface area contributed by atoms with Crippen LogP contribution in [0.1, 0.15) is 61.4 Å². The predicted octanol–water partition coefficient (Wildman–Crippen LogP) is 3.23. The van der Waals surface area contributed by atoms with Gasteiger partial charge in [-0.2, -0.15) is 0 Å². The highest BCUT2D eigenvalue weighted by atomic mass is 16.7. The highest BCUT2D eigenvalue weighted by molar-refractivity contribution is 5.98. The fourth-order valence-electron chi connectivity index (χ4n) is 6.33. The van der Waals surface area contributed by atoms with Gasteiger partial charge in [0.1, 0.15) is 30.0 Å². The molecule has 2 saturated heterocycles. The summed E-state index contributed by atoms with van der Waals surface area (Å²) in [5, 5.41) is 1.18. The molecule has 1 aromatic carbocycles. The number of likely N-dealkylation sites (tertiary alicyclic amines) is 1. The Labute approximate surface area is 283 Å². The summed E-state index contributed by atoms with van der Waals surface area (Å²) < 4.78 is 10.7. The van der Waals surface area contributed by atoms with Crippen LogP contribution in [-0.4, -0.2) is 123 Å². The van der Waals surface area contributed by atoms with Gasteiger partial charge >= 0.3 is 0 Å². The number of anilines is 1. The number of hydrogen-bond donors (Lipinski definition) is 0. The maximum Gasteiger partial charge on any atom is 0.257 e. The molecule has 2 aromatic rings. The molecule has 2 aliphatic rings. The number of hydroxylamine groups is 2. The van der Waals surface area contributed by atoms with Gasteiger partial charge in [0.25, 0.3) is 5.91 Å². The van der Waals surface area contributed by atoms with Crippen molar-refractivity contribution >= 4 is 29.9 Å². The number of piperazine rings is 1. The molecule has 0 bridgehead atoms. The van der Waals surface area contributed by atoms with Crippen molar-refractivity contribution < 1.29 is 33.5 Å². The van der Waals surface area contributed by atoms with E-state index in [9.17, 15) is 19.2 Å². The van der Waals surface area contributed by atoms with E-state index in [0.29, 0.717) is 74.9 Å². The van der Waals surface area contributed by atoms with Crippen LogP contribution in [0.15, 0.2) is 36.5 Å². The SMILES string of the molecule is CCCCC[C@H](CN(C=O)OCc1ccc(OC)cc1OC)C(=O)N1CCC[C@H]1C(=O)N1CCN(c2ncccc2C(=O)N(C)C)CC1. The topological polar surface area (TPSA) is 125 Å². The van der Waals surface area contributed by atoms with Gasteiger partial charge in [0, 0.05) is 64.6 Å². The zero-order chi connectivity index (χ0) is 34.6. The van der Waals surface area contributed by atoms with Crippen molar-refractivity contribution in [1.82, 2.24) is 24.7 Å². The minimum Gasteiger partial charge on any atom is -0.497 e. The summed E-state index contributed by atoms with van der Waals surface area (Å²) >= 11 is 0. The standard InChI is InChI=1S/C35H50N6O7/c1-6-7-8-11-26(23-40(25-42)48-24-27-14-15-28(46-4)22-31(27)47-5)33(43)41-17-10-13-30(41)35(45)39-20-18-38(19-21-39)32-29(12-9-16-36-32)34(44)37(2)3/h9,12,14-16,22,25-26,30H,6-8,10-11,13,17-21,23-24H2,1-5H3/t26-,30+/m1/s1. The Balaban J connectivity index is 1.40. The maximum absolute atomic E-state index is 14.1. The van der Waals surface area contributed by atoms with Crippen molar-refractivity contribution in [2.24, 2.45) is 5.92 Å². The minimum absolute atomic E-state index is 0.0616. The smallest absolute Gasteiger partial charge is 0.257 e. The summed E-state index contributed by atoms with van der Waals surface area (Å²) in [6.45, 7) is 4.73. The largest absolute Gasteiger partial charge is 0.497 e. The fraction of sp³-hybridized carbons (Fsp3) is 0.571. The van der Waals surface area contributed by atoms with Crippen molar-refractivity contribution in [3.05, 3.63) is 47.7 Å². The first-order valence-corrected chi connectivity index (χ1v) is 16.8. The van der Waals surface area contributed by atoms with Crippen LogP contribution in [0.5, 0.6) is 11.5 Å². The van der Waals surface area contributed by atoms with E-state index >= 15 is 0 Å². The third-order valence-electron chi connectivity index (χ3n) is 9.04. The number of nitrogens with zero attached hydrogens (tertiary/aromatic N) is 6. The first-order valence-electron chi connectivity index (χ1n) is 16.8. The molecule has 0 unspecified atom stereocenters. The summed E-state index contributed by atoms with van der Waals surface area (Å²) in [6.07, 6.45) is 6.96. The first kappa shape index (κ1) is 36.4. The Hall–Kier alpha value is -4.39. The van der Waals surface area contributed by atoms with E-state index in [2.05, 4.69) is 11.9 Å². The lowest BCUT2D eigenvalue weighted by Gasteiger charge is -2.39. The number of carbonyl (C=O) groups is 4. The molecule has 0 radical (unpaired) electrons. The number of methoxy groups -OCH3 is 2. The Bertz CT molecular complexity index is 1400. The van der Waals surface area contributed by atoms with Crippen LogP contribution in [0.2, 0.25) is 0 Å². The molecule has 2 aliphatic heterocycles. The minimum atomic E-state index is -0.549. The molecule has 13 heteroatoms. The van der Waals surface area contributed by atoms with Gasteiger partial charge in [-0.1, -0.05) is 26.2 Å². The molecular formula is C35H50N6O7. The van der Waals surface area contributed by atoms with Gasteiger partial charge < -0.3 is 29.1 Å². The average molecular weight is 667 g/mol. The van der Waals surface area contributed by atoms with Crippen molar-refractivity contribution in [2.45, 2.75) is 58.1 Å². The van der Waals surface area contributed by atoms with Gasteiger partial charge in [-0.15, -0.1) is 0 Å².